The van der Waals surface area contributed by atoms with E-state index in [4.69, 9.17) is 4.89 Å². The van der Waals surface area contributed by atoms with Crippen LogP contribution in [-0.4, -0.2) is 10.6 Å². The third kappa shape index (κ3) is 2.27. The monoisotopic (exact) mass is 202 g/mol. The Morgan fingerprint density at radius 3 is 2.12 bits per heavy atom. The van der Waals surface area contributed by atoms with Crippen LogP contribution in [0, 0.1) is 0 Å². The summed E-state index contributed by atoms with van der Waals surface area (Å²) < 4.78 is 14.7. The van der Waals surface area contributed by atoms with Crippen LogP contribution in [0.2, 0.25) is 0 Å². The zero-order valence-corrected chi connectivity index (χ0v) is 7.15. The minimum Gasteiger partial charge on any atom is -0.324 e. The summed E-state index contributed by atoms with van der Waals surface area (Å²) in [4.78, 5) is 8.69. The molecule has 0 saturated heterocycles. The van der Waals surface area contributed by atoms with Gasteiger partial charge in [0.2, 0.25) is 0 Å². The second-order valence-electron chi connectivity index (χ2n) is 1.73. The first-order chi connectivity index (χ1) is 3.50. The van der Waals surface area contributed by atoms with Crippen LogP contribution < -0.4 is 0 Å². The molecule has 0 aromatic heterocycles. The van der Waals surface area contributed by atoms with Crippen LogP contribution in [-0.2, 0) is 8.18 Å². The van der Waals surface area contributed by atoms with Crippen LogP contribution in [0.4, 0.5) is 0 Å². The van der Waals surface area contributed by atoms with E-state index in [-0.39, 0.29) is 5.66 Å². The molecule has 0 spiro atoms. The Balaban J connectivity index is 3.93. The van der Waals surface area contributed by atoms with E-state index < -0.39 is 7.60 Å². The molecule has 5 heteroatoms. The Kier molecular flexibility index (Phi) is 3.20. The van der Waals surface area contributed by atoms with E-state index in [1.165, 1.54) is 0 Å². The largest absolute Gasteiger partial charge is 0.341 e. The summed E-state index contributed by atoms with van der Waals surface area (Å²) in [6, 6.07) is 0. The van der Waals surface area contributed by atoms with Crippen molar-refractivity contribution in [2.24, 2.45) is 0 Å². The quantitative estimate of drug-likeness (QED) is 0.697. The highest BCUT2D eigenvalue weighted by Crippen LogP contribution is 2.48. The van der Waals surface area contributed by atoms with Crippen LogP contribution in [0.25, 0.3) is 0 Å². The lowest BCUT2D eigenvalue weighted by Gasteiger charge is -2.08. The first kappa shape index (κ1) is 8.63. The molecule has 1 unspecified atom stereocenters. The average Bonchev–Trinajstić information content (AvgIpc) is 1.67. The van der Waals surface area contributed by atoms with E-state index in [0.29, 0.717) is 0 Å². The summed E-state index contributed by atoms with van der Waals surface area (Å²) in [5, 5.41) is 0. The minimum absolute atomic E-state index is 0.345. The Morgan fingerprint density at radius 1 is 1.75 bits per heavy atom. The molecule has 0 aromatic carbocycles. The number of hydrogen-bond donors (Lipinski definition) is 1. The van der Waals surface area contributed by atoms with E-state index in [9.17, 15) is 4.57 Å². The van der Waals surface area contributed by atoms with Crippen molar-refractivity contribution in [1.82, 2.24) is 0 Å². The van der Waals surface area contributed by atoms with Gasteiger partial charge in [-0.3, -0.25) is 4.57 Å². The van der Waals surface area contributed by atoms with Gasteiger partial charge in [0.05, 0.1) is 5.66 Å². The summed E-state index contributed by atoms with van der Waals surface area (Å²) in [5.74, 6) is 0. The van der Waals surface area contributed by atoms with Gasteiger partial charge in [0.1, 0.15) is 16.3 Å². The highest BCUT2D eigenvalue weighted by molar-refractivity contribution is 9.06. The predicted molar refractivity (Wildman–Crippen MR) is 35.0 cm³/mol. The summed E-state index contributed by atoms with van der Waals surface area (Å²) in [7, 11) is -3.33. The minimum atomic E-state index is -3.33. The second-order valence-corrected chi connectivity index (χ2v) is 4.89. The summed E-state index contributed by atoms with van der Waals surface area (Å²) in [5.41, 5.74) is -0.345. The summed E-state index contributed by atoms with van der Waals surface area (Å²) in [6.07, 6.45) is 0. The van der Waals surface area contributed by atoms with Crippen molar-refractivity contribution in [3.05, 3.63) is 0 Å². The molecule has 0 fully saturated rings. The Bertz CT molecular complexity index is 113. The molecule has 0 aromatic rings. The topological polar surface area (TPSA) is 46.5 Å². The van der Waals surface area contributed by atoms with Gasteiger partial charge in [0, 0.05) is 0 Å². The second kappa shape index (κ2) is 2.97. The van der Waals surface area contributed by atoms with Crippen molar-refractivity contribution in [3.8, 4) is 0 Å². The van der Waals surface area contributed by atoms with Crippen LogP contribution >= 0.6 is 23.9 Å². The molecule has 3 nitrogen and oxygen atoms in total. The smallest absolute Gasteiger partial charge is 0.324 e. The van der Waals surface area contributed by atoms with Crippen molar-refractivity contribution < 1.29 is 13.1 Å². The molecular formula is C3H8BrO3P. The fourth-order valence-corrected chi connectivity index (χ4v) is 1.24. The van der Waals surface area contributed by atoms with Crippen LogP contribution in [0.3, 0.4) is 0 Å². The number of halogens is 1. The Morgan fingerprint density at radius 2 is 2.12 bits per heavy atom. The normalized spacial score (nSPS) is 18.6. The van der Waals surface area contributed by atoms with Crippen molar-refractivity contribution in [1.29, 1.82) is 0 Å². The van der Waals surface area contributed by atoms with Crippen LogP contribution in [0.15, 0.2) is 0 Å². The molecule has 0 heterocycles. The molecule has 0 radical (unpaired) electrons. The third-order valence-electron chi connectivity index (χ3n) is 0.751. The predicted octanol–water partition coefficient (Wildman–Crippen LogP) is 1.91. The first-order valence-corrected chi connectivity index (χ1v) is 4.43. The fourth-order valence-electron chi connectivity index (χ4n) is 0.0797. The van der Waals surface area contributed by atoms with Crippen molar-refractivity contribution in [3.63, 3.8) is 0 Å². The van der Waals surface area contributed by atoms with Crippen molar-refractivity contribution >= 4 is 23.9 Å². The highest BCUT2D eigenvalue weighted by atomic mass is 79.9. The molecule has 0 amide bonds. The van der Waals surface area contributed by atoms with Gasteiger partial charge in [-0.05, 0) is 0 Å². The molecule has 1 atom stereocenters. The zero-order valence-electron chi connectivity index (χ0n) is 4.67. The molecule has 1 N–H and O–H groups in total. The number of rotatable bonds is 2. The van der Waals surface area contributed by atoms with Gasteiger partial charge in [0.25, 0.3) is 0 Å². The molecule has 50 valence electrons. The van der Waals surface area contributed by atoms with Crippen molar-refractivity contribution in [2.75, 3.05) is 0 Å². The molecular weight excluding hydrogens is 195 g/mol. The zero-order chi connectivity index (χ0) is 6.78. The van der Waals surface area contributed by atoms with Gasteiger partial charge in [-0.2, -0.15) is 0 Å². The van der Waals surface area contributed by atoms with Crippen molar-refractivity contribution in [2.45, 2.75) is 19.5 Å². The van der Waals surface area contributed by atoms with Crippen LogP contribution in [0.5, 0.6) is 0 Å². The number of hydrogen-bond acceptors (Lipinski definition) is 2. The van der Waals surface area contributed by atoms with Gasteiger partial charge in [0.15, 0.2) is 0 Å². The van der Waals surface area contributed by atoms with E-state index in [1.807, 2.05) is 0 Å². The van der Waals surface area contributed by atoms with Gasteiger partial charge in [-0.1, -0.05) is 13.8 Å². The average molecular weight is 203 g/mol. The fraction of sp³-hybridized carbons (Fsp3) is 1.00. The Hall–Kier alpha value is 0.630. The summed E-state index contributed by atoms with van der Waals surface area (Å²) >= 11 is 2.46. The third-order valence-corrected chi connectivity index (χ3v) is 3.50. The van der Waals surface area contributed by atoms with E-state index >= 15 is 0 Å². The molecule has 0 bridgehead atoms. The molecule has 0 rings (SSSR count). The molecule has 0 aliphatic heterocycles. The standard InChI is InChI=1S/C3H8BrO3P/c1-3(2)8(5,6)7-4/h3H,1-2H3,(H,5,6). The maximum atomic E-state index is 10.6. The van der Waals surface area contributed by atoms with Gasteiger partial charge in [-0.25, -0.2) is 3.62 Å². The molecule has 8 heavy (non-hydrogen) atoms. The first-order valence-electron chi connectivity index (χ1n) is 2.13. The Labute approximate surface area is 57.0 Å². The summed E-state index contributed by atoms with van der Waals surface area (Å²) in [6.45, 7) is 3.23. The van der Waals surface area contributed by atoms with E-state index in [0.717, 1.165) is 0 Å². The maximum Gasteiger partial charge on any atom is 0.341 e. The molecule has 0 saturated carbocycles. The maximum absolute atomic E-state index is 10.6. The van der Waals surface area contributed by atoms with Crippen LogP contribution in [0.1, 0.15) is 13.8 Å². The van der Waals surface area contributed by atoms with E-state index in [1.54, 1.807) is 13.8 Å². The molecule has 0 aliphatic carbocycles. The lowest BCUT2D eigenvalue weighted by molar-refractivity contribution is 0.397. The SMILES string of the molecule is CC(C)P(=O)(O)OBr. The highest BCUT2D eigenvalue weighted by Gasteiger charge is 2.22. The van der Waals surface area contributed by atoms with E-state index in [2.05, 4.69) is 19.9 Å². The lowest BCUT2D eigenvalue weighted by Crippen LogP contribution is -1.95. The lowest BCUT2D eigenvalue weighted by atomic mass is 10.6. The van der Waals surface area contributed by atoms with Gasteiger partial charge >= 0.3 is 7.60 Å². The van der Waals surface area contributed by atoms with Gasteiger partial charge < -0.3 is 4.89 Å². The molecule has 0 aliphatic rings. The van der Waals surface area contributed by atoms with Gasteiger partial charge in [-0.15, -0.1) is 0 Å².